The number of ether oxygens (including phenoxy) is 2. The molecule has 0 spiro atoms. The average molecular weight is 466 g/mol. The van der Waals surface area contributed by atoms with Crippen molar-refractivity contribution >= 4 is 17.7 Å². The zero-order valence-electron chi connectivity index (χ0n) is 18.8. The quantitative estimate of drug-likeness (QED) is 0.624. The number of hydrogen-bond donors (Lipinski definition) is 2. The summed E-state index contributed by atoms with van der Waals surface area (Å²) in [6, 6.07) is 10.2. The summed E-state index contributed by atoms with van der Waals surface area (Å²) >= 11 is 0. The zero-order chi connectivity index (χ0) is 23.7. The second kappa shape index (κ2) is 9.44. The molecule has 3 aliphatic heterocycles. The van der Waals surface area contributed by atoms with E-state index < -0.39 is 11.9 Å². The maximum atomic E-state index is 13.0. The van der Waals surface area contributed by atoms with E-state index in [0.29, 0.717) is 37.5 Å². The van der Waals surface area contributed by atoms with Crippen LogP contribution in [0.3, 0.4) is 0 Å². The number of phenols is 1. The number of piperidine rings is 1. The number of rotatable bonds is 6. The number of nitrogens with zero attached hydrogens (tertiary/aromatic N) is 2. The molecular formula is C25H27N3O6. The van der Waals surface area contributed by atoms with E-state index in [9.17, 15) is 19.5 Å². The van der Waals surface area contributed by atoms with Crippen LogP contribution in [0.4, 0.5) is 0 Å². The van der Waals surface area contributed by atoms with Crippen LogP contribution in [0, 0.1) is 0 Å². The van der Waals surface area contributed by atoms with Crippen molar-refractivity contribution in [2.24, 2.45) is 0 Å². The van der Waals surface area contributed by atoms with Gasteiger partial charge in [0.25, 0.3) is 5.91 Å². The number of aromatic hydroxyl groups is 1. The van der Waals surface area contributed by atoms with Crippen LogP contribution in [-0.4, -0.2) is 65.0 Å². The highest BCUT2D eigenvalue weighted by atomic mass is 16.5. The van der Waals surface area contributed by atoms with Gasteiger partial charge >= 0.3 is 0 Å². The summed E-state index contributed by atoms with van der Waals surface area (Å²) in [5, 5.41) is 12.8. The Bertz CT molecular complexity index is 1130. The molecule has 2 saturated heterocycles. The first-order valence-electron chi connectivity index (χ1n) is 11.5. The standard InChI is InChI=1S/C25H27N3O6/c29-21-12-16(4-5-17(21)13-27-8-10-33-11-9-27)15-34-22-3-1-2-18-19(22)14-28(25(18)32)20-6-7-23(30)26-24(20)31/h1-5,12,20,29H,6-11,13-15H2,(H,26,30,31). The maximum absolute atomic E-state index is 13.0. The summed E-state index contributed by atoms with van der Waals surface area (Å²) in [6.07, 6.45) is 0.529. The first-order chi connectivity index (χ1) is 16.5. The fourth-order valence-electron chi connectivity index (χ4n) is 4.69. The molecule has 178 valence electrons. The Hall–Kier alpha value is -3.43. The molecule has 0 radical (unpaired) electrons. The largest absolute Gasteiger partial charge is 0.508 e. The van der Waals surface area contributed by atoms with Crippen LogP contribution in [0.1, 0.15) is 39.9 Å². The molecule has 3 heterocycles. The van der Waals surface area contributed by atoms with Crippen LogP contribution in [0.5, 0.6) is 11.5 Å². The zero-order valence-corrected chi connectivity index (χ0v) is 18.8. The number of hydrogen-bond acceptors (Lipinski definition) is 7. The summed E-state index contributed by atoms with van der Waals surface area (Å²) < 4.78 is 11.4. The summed E-state index contributed by atoms with van der Waals surface area (Å²) in [4.78, 5) is 40.5. The van der Waals surface area contributed by atoms with Gasteiger partial charge in [0.1, 0.15) is 24.1 Å². The third kappa shape index (κ3) is 4.49. The number of fused-ring (bicyclic) bond motifs is 1. The minimum Gasteiger partial charge on any atom is -0.508 e. The molecule has 9 nitrogen and oxygen atoms in total. The second-order valence-electron chi connectivity index (χ2n) is 8.82. The number of morpholine rings is 1. The molecule has 34 heavy (non-hydrogen) atoms. The van der Waals surface area contributed by atoms with E-state index in [-0.39, 0.29) is 37.1 Å². The summed E-state index contributed by atoms with van der Waals surface area (Å²) in [7, 11) is 0. The number of carbonyl (C=O) groups excluding carboxylic acids is 3. The Morgan fingerprint density at radius 1 is 1.12 bits per heavy atom. The minimum absolute atomic E-state index is 0.213. The molecule has 5 rings (SSSR count). The van der Waals surface area contributed by atoms with Crippen LogP contribution in [0.2, 0.25) is 0 Å². The van der Waals surface area contributed by atoms with E-state index in [1.54, 1.807) is 24.3 Å². The second-order valence-corrected chi connectivity index (χ2v) is 8.82. The van der Waals surface area contributed by atoms with Gasteiger partial charge in [-0.25, -0.2) is 0 Å². The maximum Gasteiger partial charge on any atom is 0.255 e. The topological polar surface area (TPSA) is 108 Å². The van der Waals surface area contributed by atoms with Crippen molar-refractivity contribution in [1.29, 1.82) is 0 Å². The number of carbonyl (C=O) groups is 3. The molecule has 2 fully saturated rings. The Kier molecular flexibility index (Phi) is 6.21. The molecule has 0 saturated carbocycles. The Morgan fingerprint density at radius 3 is 2.71 bits per heavy atom. The van der Waals surface area contributed by atoms with Crippen molar-refractivity contribution in [3.05, 3.63) is 58.7 Å². The lowest BCUT2D eigenvalue weighted by Gasteiger charge is -2.29. The van der Waals surface area contributed by atoms with Gasteiger partial charge in [-0.2, -0.15) is 0 Å². The number of imide groups is 1. The summed E-state index contributed by atoms with van der Waals surface area (Å²) in [6.45, 7) is 4.25. The van der Waals surface area contributed by atoms with Gasteiger partial charge in [0.15, 0.2) is 0 Å². The fourth-order valence-corrected chi connectivity index (χ4v) is 4.69. The molecule has 0 bridgehead atoms. The molecule has 0 aromatic heterocycles. The Labute approximate surface area is 197 Å². The molecule has 2 aromatic carbocycles. The van der Waals surface area contributed by atoms with Crippen molar-refractivity contribution in [3.8, 4) is 11.5 Å². The SMILES string of the molecule is O=C1CCC(N2Cc3c(OCc4ccc(CN5CCOCC5)c(O)c4)cccc3C2=O)C(=O)N1. The van der Waals surface area contributed by atoms with E-state index in [0.717, 1.165) is 29.8 Å². The number of benzene rings is 2. The molecule has 1 atom stereocenters. The van der Waals surface area contributed by atoms with Crippen LogP contribution in [-0.2, 0) is 34.0 Å². The molecule has 2 aromatic rings. The lowest BCUT2D eigenvalue weighted by molar-refractivity contribution is -0.136. The van der Waals surface area contributed by atoms with Crippen molar-refractivity contribution < 1.29 is 29.0 Å². The smallest absolute Gasteiger partial charge is 0.255 e. The predicted octanol–water partition coefficient (Wildman–Crippen LogP) is 1.56. The monoisotopic (exact) mass is 465 g/mol. The van der Waals surface area contributed by atoms with E-state index in [1.165, 1.54) is 4.90 Å². The number of phenolic OH excluding ortho intramolecular Hbond substituents is 1. The summed E-state index contributed by atoms with van der Waals surface area (Å²) in [5.41, 5.74) is 2.90. The number of nitrogens with one attached hydrogen (secondary N) is 1. The third-order valence-electron chi connectivity index (χ3n) is 6.58. The van der Waals surface area contributed by atoms with E-state index in [2.05, 4.69) is 10.2 Å². The number of amides is 3. The highest BCUT2D eigenvalue weighted by Gasteiger charge is 2.40. The molecule has 2 N–H and O–H groups in total. The van der Waals surface area contributed by atoms with Crippen molar-refractivity contribution in [2.75, 3.05) is 26.3 Å². The van der Waals surface area contributed by atoms with Gasteiger partial charge in [0.2, 0.25) is 11.8 Å². The van der Waals surface area contributed by atoms with Gasteiger partial charge in [-0.1, -0.05) is 18.2 Å². The molecule has 0 aliphatic carbocycles. The van der Waals surface area contributed by atoms with Gasteiger partial charge in [-0.3, -0.25) is 24.6 Å². The molecule has 3 aliphatic rings. The third-order valence-corrected chi connectivity index (χ3v) is 6.58. The van der Waals surface area contributed by atoms with Crippen molar-refractivity contribution in [1.82, 2.24) is 15.1 Å². The van der Waals surface area contributed by atoms with E-state index in [1.807, 2.05) is 12.1 Å². The minimum atomic E-state index is -0.665. The van der Waals surface area contributed by atoms with Gasteiger partial charge in [-0.15, -0.1) is 0 Å². The van der Waals surface area contributed by atoms with Crippen LogP contribution >= 0.6 is 0 Å². The first-order valence-corrected chi connectivity index (χ1v) is 11.5. The van der Waals surface area contributed by atoms with Crippen molar-refractivity contribution in [3.63, 3.8) is 0 Å². The highest BCUT2D eigenvalue weighted by molar-refractivity contribution is 6.05. The lowest BCUT2D eigenvalue weighted by atomic mass is 10.0. The predicted molar refractivity (Wildman–Crippen MR) is 121 cm³/mol. The fraction of sp³-hybridized carbons (Fsp3) is 0.400. The Morgan fingerprint density at radius 2 is 1.94 bits per heavy atom. The lowest BCUT2D eigenvalue weighted by Crippen LogP contribution is -2.52. The highest BCUT2D eigenvalue weighted by Crippen LogP contribution is 2.34. The first kappa shape index (κ1) is 22.4. The molecule has 1 unspecified atom stereocenters. The van der Waals surface area contributed by atoms with Crippen LogP contribution in [0.25, 0.3) is 0 Å². The van der Waals surface area contributed by atoms with Gasteiger partial charge in [0.05, 0.1) is 19.8 Å². The van der Waals surface area contributed by atoms with Crippen LogP contribution in [0.15, 0.2) is 36.4 Å². The average Bonchev–Trinajstić information content (AvgIpc) is 3.17. The van der Waals surface area contributed by atoms with Crippen molar-refractivity contribution in [2.45, 2.75) is 38.6 Å². The molecule has 9 heteroatoms. The normalized spacial score (nSPS) is 20.9. The Balaban J connectivity index is 1.26. The van der Waals surface area contributed by atoms with Gasteiger partial charge in [-0.05, 0) is 30.2 Å². The van der Waals surface area contributed by atoms with Gasteiger partial charge < -0.3 is 19.5 Å². The van der Waals surface area contributed by atoms with E-state index >= 15 is 0 Å². The molecular weight excluding hydrogens is 438 g/mol. The molecule has 3 amide bonds. The summed E-state index contributed by atoms with van der Waals surface area (Å²) in [5.74, 6) is -0.191. The van der Waals surface area contributed by atoms with Crippen LogP contribution < -0.4 is 10.1 Å². The van der Waals surface area contributed by atoms with Gasteiger partial charge in [0, 0.05) is 42.7 Å². The van der Waals surface area contributed by atoms with E-state index in [4.69, 9.17) is 9.47 Å².